The van der Waals surface area contributed by atoms with Crippen LogP contribution in [0.1, 0.15) is 182 Å². The van der Waals surface area contributed by atoms with Crippen LogP contribution in [0.15, 0.2) is 96.7 Å². The molecule has 0 saturated heterocycles. The van der Waals surface area contributed by atoms with E-state index < -0.39 is 90.1 Å². The third-order valence-corrected chi connectivity index (χ3v) is 24.1. The zero-order chi connectivity index (χ0) is 94.5. The van der Waals surface area contributed by atoms with Gasteiger partial charge >= 0.3 is 23.9 Å². The summed E-state index contributed by atoms with van der Waals surface area (Å²) in [5.74, 6) is -8.19. The number of aromatic carboxylic acids is 4. The third-order valence-electron chi connectivity index (χ3n) is 20.4. The first kappa shape index (κ1) is 107. The number of hydrogen-bond donors (Lipinski definition) is 10. The van der Waals surface area contributed by atoms with Gasteiger partial charge in [-0.3, -0.25) is 28.3 Å². The molecule has 0 aromatic heterocycles. The average Bonchev–Trinajstić information content (AvgIpc) is 1.57. The number of allylic oxidation sites excluding steroid dienone is 4. The van der Waals surface area contributed by atoms with Crippen LogP contribution in [0.5, 0.6) is 46.0 Å². The number of hydrogen-bond acceptors (Lipinski definition) is 27. The van der Waals surface area contributed by atoms with Crippen molar-refractivity contribution in [2.24, 2.45) is 0 Å². The monoisotopic (exact) mass is 2140 g/mol. The molecule has 8 rings (SSSR count). The largest absolute Gasteiger partial charge is 0.484 e. The van der Waals surface area contributed by atoms with E-state index in [4.69, 9.17) is 80.6 Å². The Labute approximate surface area is 807 Å². The highest BCUT2D eigenvalue weighted by molar-refractivity contribution is 14.1. The molecule has 6 aromatic carbocycles. The number of fused-ring (bicyclic) bond motifs is 2. The maximum Gasteiger partial charge on any atom is 0.335 e. The Bertz CT molecular complexity index is 5400. The lowest BCUT2D eigenvalue weighted by Gasteiger charge is -2.27. The summed E-state index contributed by atoms with van der Waals surface area (Å²) in [4.78, 5) is 111. The van der Waals surface area contributed by atoms with Crippen LogP contribution in [-0.4, -0.2) is 243 Å². The SMILES string of the molecule is [B]SCOc1cc(C(=O)O)cc(OCI)c1CCCNC(=O)c1cc(C(=O)NCCCc2c(OCI)cc(C(=O)O)cc2OCS[B])c2c(c1)N(CCCS(=O)(=O)O)/C(=C/C=C/C1=[N+](CCCS(=O)(=O)O)c3cc(C(=O)NCCCc4c(OCS[B])cc(C(=O)O)cc4OCS[B])cc(C(=O)NCCCc4c(OCS[B])cc(C(=O)O)cc4OCS[B])c3C1(C)C)C2(C)C. The summed E-state index contributed by atoms with van der Waals surface area (Å²) < 4.78 is 120. The van der Waals surface area contributed by atoms with E-state index in [9.17, 15) is 75.1 Å². The van der Waals surface area contributed by atoms with Crippen molar-refractivity contribution in [3.63, 3.8) is 0 Å². The second-order valence-electron chi connectivity index (χ2n) is 29.5. The summed E-state index contributed by atoms with van der Waals surface area (Å²) in [6.45, 7) is 6.71. The zero-order valence-electron chi connectivity index (χ0n) is 70.3. The van der Waals surface area contributed by atoms with E-state index >= 15 is 9.59 Å². The summed E-state index contributed by atoms with van der Waals surface area (Å²) in [7, 11) is 25.0. The molecule has 10 N–H and O–H groups in total. The van der Waals surface area contributed by atoms with E-state index in [1.54, 1.807) is 61.5 Å². The van der Waals surface area contributed by atoms with Crippen LogP contribution in [0.2, 0.25) is 0 Å². The van der Waals surface area contributed by atoms with Crippen molar-refractivity contribution in [3.05, 3.63) is 175 Å². The predicted octanol–water partition coefficient (Wildman–Crippen LogP) is 11.6. The lowest BCUT2D eigenvalue weighted by Crippen LogP contribution is -2.32. The van der Waals surface area contributed by atoms with E-state index in [0.29, 0.717) is 44.8 Å². The van der Waals surface area contributed by atoms with E-state index in [-0.39, 0.29) is 250 Å². The van der Waals surface area contributed by atoms with Crippen LogP contribution < -0.4 is 64.1 Å². The minimum atomic E-state index is -4.63. The van der Waals surface area contributed by atoms with Gasteiger partial charge in [0.2, 0.25) is 5.69 Å². The molecule has 0 bridgehead atoms. The molecule has 32 nitrogen and oxygen atoms in total. The molecule has 2 heterocycles. The van der Waals surface area contributed by atoms with Gasteiger partial charge in [-0.2, -0.15) is 91.1 Å². The Kier molecular flexibility index (Phi) is 42.0. The van der Waals surface area contributed by atoms with Crippen LogP contribution in [-0.2, 0) is 56.7 Å². The number of benzene rings is 6. The minimum absolute atomic E-state index is 0.000126. The number of amides is 4. The predicted molar refractivity (Wildman–Crippen MR) is 524 cm³/mol. The first-order valence-corrected chi connectivity index (χ1v) is 51.8. The van der Waals surface area contributed by atoms with Crippen LogP contribution in [0.3, 0.4) is 0 Å². The number of carbonyl (C=O) groups excluding carboxylic acids is 4. The fraction of sp³-hybridized carbons (Fsp3) is 0.395. The number of anilines is 1. The Balaban J connectivity index is 1.25. The van der Waals surface area contributed by atoms with Gasteiger partial charge in [0, 0.05) is 113 Å². The van der Waals surface area contributed by atoms with E-state index in [1.165, 1.54) is 66.7 Å². The molecule has 2 aliphatic heterocycles. The number of carboxylic acid groups (broad SMARTS) is 4. The van der Waals surface area contributed by atoms with E-state index in [2.05, 4.69) is 21.3 Å². The van der Waals surface area contributed by atoms with Gasteiger partial charge in [-0.25, -0.2) is 19.2 Å². The van der Waals surface area contributed by atoms with Gasteiger partial charge in [0.25, 0.3) is 43.9 Å². The fourth-order valence-electron chi connectivity index (χ4n) is 14.9. The Morgan fingerprint density at radius 3 is 1.05 bits per heavy atom. The highest BCUT2D eigenvalue weighted by Crippen LogP contribution is 2.51. The Morgan fingerprint density at radius 2 is 0.729 bits per heavy atom. The van der Waals surface area contributed by atoms with Crippen molar-refractivity contribution in [1.82, 2.24) is 21.3 Å². The number of rotatable bonds is 56. The summed E-state index contributed by atoms with van der Waals surface area (Å²) >= 11 is 9.02. The van der Waals surface area contributed by atoms with Gasteiger partial charge in [0.05, 0.1) is 50.3 Å². The number of nitrogens with one attached hydrogen (secondary N) is 4. The molecule has 0 aliphatic carbocycles. The summed E-state index contributed by atoms with van der Waals surface area (Å²) in [6, 6.07) is 16.6. The van der Waals surface area contributed by atoms with Crippen molar-refractivity contribution >= 4 is 242 Å². The minimum Gasteiger partial charge on any atom is -0.484 e. The number of nitrogens with zero attached hydrogens (tertiary/aromatic N) is 2. The van der Waals surface area contributed by atoms with Crippen molar-refractivity contribution in [2.45, 2.75) is 103 Å². The zero-order valence-corrected chi connectivity index (χ0v) is 81.1. The van der Waals surface area contributed by atoms with Crippen LogP contribution in [0, 0.1) is 0 Å². The number of carbonyl (C=O) groups is 8. The molecule has 48 heteroatoms. The highest BCUT2D eigenvalue weighted by Gasteiger charge is 2.49. The number of ether oxygens (including phenoxy) is 8. The molecule has 12 radical (unpaired) electrons. The Morgan fingerprint density at radius 1 is 0.419 bits per heavy atom. The van der Waals surface area contributed by atoms with E-state index in [0.717, 1.165) is 69.7 Å². The van der Waals surface area contributed by atoms with Gasteiger partial charge in [0.1, 0.15) is 97.4 Å². The molecule has 0 unspecified atom stereocenters. The van der Waals surface area contributed by atoms with Gasteiger partial charge in [-0.05, 0) is 190 Å². The number of alkyl halides is 2. The molecule has 129 heavy (non-hydrogen) atoms. The second kappa shape index (κ2) is 50.9. The maximum absolute atomic E-state index is 15.4. The molecule has 6 aromatic rings. The fourth-order valence-corrected chi connectivity index (χ4v) is 17.7. The molecule has 0 fully saturated rings. The quantitative estimate of drug-likeness (QED) is 0.00322. The number of carboxylic acids is 4. The molecule has 2 aliphatic rings. The van der Waals surface area contributed by atoms with Crippen molar-refractivity contribution < 1.29 is 127 Å². The highest BCUT2D eigenvalue weighted by atomic mass is 127. The molecular weight excluding hydrogens is 2050 g/mol. The van der Waals surface area contributed by atoms with Crippen molar-refractivity contribution in [3.8, 4) is 46.0 Å². The molecular formula is C81H89B6I2N6O26S8+. The molecule has 0 saturated carbocycles. The third kappa shape index (κ3) is 29.6. The maximum atomic E-state index is 15.4. The van der Waals surface area contributed by atoms with Gasteiger partial charge in [-0.15, -0.1) is 0 Å². The van der Waals surface area contributed by atoms with E-state index in [1.807, 2.05) is 45.2 Å². The summed E-state index contributed by atoms with van der Waals surface area (Å²) in [6.07, 6.45) is 6.03. The standard InChI is InChI=1S/C81H88B6I2N6O26S8/c1-80(2)68(94(22-10-24-128(108,109)110)58-28-46(72(96)90-18-6-12-52-60(114-38-88)30-48(76(100)101)32-62(52)116-40-122-82)26-56(70(58)80)74(98)92-20-8-13-53-61(115-39-89)31-49(77(102)103)33-63(53)117-41-123-83)16-5-17-69-81(3,4)71-57(75(99)93-21-9-15-55-66(120-44-126-86)36-51(79(106)107)37-67(55)121-45-127-87)27-47(29-59(71)95(69)23-11-25-129(111,112)113)73(97)91-19-7-14-54-64(118-42-124-84)34-50(78(104)105)35-65(54)119-43-125-85/h5,16-17,26-37H,6-15,18-25,38-45H2,1-4H3,(H9-,90,91,92,93,96,97,98,99,100,101,102,103,104,105,106,107,108,109,110,111,112,113)/p+1. The van der Waals surface area contributed by atoms with Crippen molar-refractivity contribution in [2.75, 3.05) is 101 Å². The average molecular weight is 2140 g/mol. The van der Waals surface area contributed by atoms with Gasteiger partial charge in [-0.1, -0.05) is 19.9 Å². The van der Waals surface area contributed by atoms with Gasteiger partial charge < -0.3 is 84.5 Å². The topological polar surface area (TPSA) is 454 Å². The molecule has 0 atom stereocenters. The smallest absolute Gasteiger partial charge is 0.335 e. The van der Waals surface area contributed by atoms with Gasteiger partial charge in [0.15, 0.2) is 48.5 Å². The first-order chi connectivity index (χ1) is 61.4. The lowest BCUT2D eigenvalue weighted by atomic mass is 9.78. The lowest BCUT2D eigenvalue weighted by molar-refractivity contribution is -0.437. The summed E-state index contributed by atoms with van der Waals surface area (Å²) in [5.41, 5.74) is 0.702. The second-order valence-corrected chi connectivity index (χ2v) is 37.3. The number of halogens is 2. The van der Waals surface area contributed by atoms with Crippen LogP contribution >= 0.6 is 115 Å². The molecule has 678 valence electrons. The van der Waals surface area contributed by atoms with Crippen LogP contribution in [0.25, 0.3) is 0 Å². The first-order valence-electron chi connectivity index (χ1n) is 39.3. The summed E-state index contributed by atoms with van der Waals surface area (Å²) in [5, 5.41) is 51.8. The van der Waals surface area contributed by atoms with Crippen molar-refractivity contribution in [1.29, 1.82) is 0 Å². The Hall–Kier alpha value is -7.80. The van der Waals surface area contributed by atoms with Crippen LogP contribution in [0.4, 0.5) is 11.4 Å². The molecule has 4 amide bonds. The normalized spacial score (nSPS) is 13.5. The molecule has 0 spiro atoms.